The zero-order valence-electron chi connectivity index (χ0n) is 9.14. The lowest BCUT2D eigenvalue weighted by Gasteiger charge is -2.13. The molecule has 1 N–H and O–H groups in total. The van der Waals surface area contributed by atoms with Crippen LogP contribution in [0.5, 0.6) is 5.75 Å². The van der Waals surface area contributed by atoms with Gasteiger partial charge in [-0.3, -0.25) is 4.79 Å². The van der Waals surface area contributed by atoms with Gasteiger partial charge in [-0.15, -0.1) is 0 Å². The van der Waals surface area contributed by atoms with Crippen molar-refractivity contribution in [1.29, 1.82) is 0 Å². The van der Waals surface area contributed by atoms with Gasteiger partial charge in [-0.1, -0.05) is 18.5 Å². The molecule has 0 fully saturated rings. The number of hydrogen-bond acceptors (Lipinski definition) is 2. The van der Waals surface area contributed by atoms with E-state index in [0.29, 0.717) is 29.5 Å². The first-order valence-corrected chi connectivity index (χ1v) is 6.17. The molecule has 0 spiro atoms. The quantitative estimate of drug-likeness (QED) is 0.917. The highest BCUT2D eigenvalue weighted by atomic mass is 79.9. The summed E-state index contributed by atoms with van der Waals surface area (Å²) in [6, 6.07) is 3.40. The lowest BCUT2D eigenvalue weighted by atomic mass is 10.3. The third-order valence-corrected chi connectivity index (χ3v) is 2.70. The van der Waals surface area contributed by atoms with E-state index in [2.05, 4.69) is 21.2 Å². The van der Waals surface area contributed by atoms with Crippen LogP contribution in [0.15, 0.2) is 16.6 Å². The second-order valence-electron chi connectivity index (χ2n) is 3.10. The van der Waals surface area contributed by atoms with Gasteiger partial charge in [0.25, 0.3) is 0 Å². The molecule has 0 radical (unpaired) electrons. The fourth-order valence-corrected chi connectivity index (χ4v) is 2.11. The first-order chi connectivity index (χ1) is 7.58. The van der Waals surface area contributed by atoms with Gasteiger partial charge in [0, 0.05) is 11.4 Å². The topological polar surface area (TPSA) is 38.3 Å². The first-order valence-electron chi connectivity index (χ1n) is 5.00. The maximum atomic E-state index is 11.3. The van der Waals surface area contributed by atoms with Gasteiger partial charge in [0.2, 0.25) is 5.91 Å². The third kappa shape index (κ3) is 3.39. The predicted octanol–water partition coefficient (Wildman–Crippen LogP) is 3.85. The van der Waals surface area contributed by atoms with Crippen LogP contribution in [0.4, 0.5) is 5.69 Å². The molecule has 0 heterocycles. The zero-order chi connectivity index (χ0) is 12.1. The summed E-state index contributed by atoms with van der Waals surface area (Å²) >= 11 is 9.26. The van der Waals surface area contributed by atoms with Gasteiger partial charge in [-0.25, -0.2) is 0 Å². The number of carbonyl (C=O) groups excluding carboxylic acids is 1. The molecule has 0 atom stereocenters. The molecular formula is C11H13BrClNO2. The van der Waals surface area contributed by atoms with E-state index in [4.69, 9.17) is 16.3 Å². The van der Waals surface area contributed by atoms with Crippen molar-refractivity contribution < 1.29 is 9.53 Å². The third-order valence-electron chi connectivity index (χ3n) is 1.89. The average molecular weight is 307 g/mol. The highest BCUT2D eigenvalue weighted by Gasteiger charge is 2.11. The lowest BCUT2D eigenvalue weighted by Crippen LogP contribution is -2.11. The molecule has 0 bridgehead atoms. The smallest absolute Gasteiger partial charge is 0.224 e. The van der Waals surface area contributed by atoms with Gasteiger partial charge in [-0.2, -0.15) is 0 Å². The summed E-state index contributed by atoms with van der Waals surface area (Å²) in [6.07, 6.45) is 0.412. The summed E-state index contributed by atoms with van der Waals surface area (Å²) in [5.74, 6) is 0.531. The number of carbonyl (C=O) groups is 1. The molecule has 1 amide bonds. The van der Waals surface area contributed by atoms with Gasteiger partial charge < -0.3 is 10.1 Å². The Morgan fingerprint density at radius 2 is 2.19 bits per heavy atom. The SMILES string of the molecule is CCOc1c(Br)cc(Cl)cc1NC(=O)CC. The number of amides is 1. The van der Waals surface area contributed by atoms with E-state index < -0.39 is 0 Å². The van der Waals surface area contributed by atoms with Crippen molar-refractivity contribution in [2.45, 2.75) is 20.3 Å². The summed E-state index contributed by atoms with van der Waals surface area (Å²) in [4.78, 5) is 11.3. The number of rotatable bonds is 4. The van der Waals surface area contributed by atoms with E-state index in [1.165, 1.54) is 0 Å². The van der Waals surface area contributed by atoms with Crippen molar-refractivity contribution in [2.24, 2.45) is 0 Å². The number of hydrogen-bond donors (Lipinski definition) is 1. The standard InChI is InChI=1S/C11H13BrClNO2/c1-3-10(15)14-9-6-7(13)5-8(12)11(9)16-4-2/h5-6H,3-4H2,1-2H3,(H,14,15). The Morgan fingerprint density at radius 3 is 2.75 bits per heavy atom. The van der Waals surface area contributed by atoms with Crippen LogP contribution < -0.4 is 10.1 Å². The molecular weight excluding hydrogens is 293 g/mol. The largest absolute Gasteiger partial charge is 0.491 e. The van der Waals surface area contributed by atoms with Crippen LogP contribution in [-0.2, 0) is 4.79 Å². The lowest BCUT2D eigenvalue weighted by molar-refractivity contribution is -0.115. The summed E-state index contributed by atoms with van der Waals surface area (Å²) in [5, 5.41) is 3.29. The van der Waals surface area contributed by atoms with Crippen molar-refractivity contribution in [2.75, 3.05) is 11.9 Å². The van der Waals surface area contributed by atoms with Crippen molar-refractivity contribution in [1.82, 2.24) is 0 Å². The highest BCUT2D eigenvalue weighted by Crippen LogP contribution is 2.36. The van der Waals surface area contributed by atoms with Crippen LogP contribution in [0, 0.1) is 0 Å². The van der Waals surface area contributed by atoms with Crippen molar-refractivity contribution in [3.8, 4) is 5.75 Å². The minimum absolute atomic E-state index is 0.0740. The van der Waals surface area contributed by atoms with Crippen LogP contribution in [0.2, 0.25) is 5.02 Å². The van der Waals surface area contributed by atoms with E-state index in [-0.39, 0.29) is 5.91 Å². The van der Waals surface area contributed by atoms with Gasteiger partial charge >= 0.3 is 0 Å². The van der Waals surface area contributed by atoms with E-state index in [0.717, 1.165) is 4.47 Å². The summed E-state index contributed by atoms with van der Waals surface area (Å²) in [6.45, 7) is 4.19. The van der Waals surface area contributed by atoms with E-state index >= 15 is 0 Å². The average Bonchev–Trinajstić information content (AvgIpc) is 2.23. The van der Waals surface area contributed by atoms with Crippen molar-refractivity contribution in [3.05, 3.63) is 21.6 Å². The summed E-state index contributed by atoms with van der Waals surface area (Å²) < 4.78 is 6.18. The maximum Gasteiger partial charge on any atom is 0.224 e. The number of anilines is 1. The van der Waals surface area contributed by atoms with Crippen molar-refractivity contribution >= 4 is 39.1 Å². The molecule has 16 heavy (non-hydrogen) atoms. The minimum Gasteiger partial charge on any atom is -0.491 e. The number of benzene rings is 1. The molecule has 88 valence electrons. The van der Waals surface area contributed by atoms with Crippen LogP contribution in [-0.4, -0.2) is 12.5 Å². The monoisotopic (exact) mass is 305 g/mol. The first kappa shape index (κ1) is 13.3. The van der Waals surface area contributed by atoms with Crippen LogP contribution in [0.3, 0.4) is 0 Å². The van der Waals surface area contributed by atoms with E-state index in [1.54, 1.807) is 19.1 Å². The molecule has 1 aromatic rings. The zero-order valence-corrected chi connectivity index (χ0v) is 11.5. The van der Waals surface area contributed by atoms with Gasteiger partial charge in [0.05, 0.1) is 16.8 Å². The summed E-state index contributed by atoms with van der Waals surface area (Å²) in [7, 11) is 0. The Labute approximate surface area is 108 Å². The Bertz CT molecular complexity index is 396. The van der Waals surface area contributed by atoms with Crippen LogP contribution >= 0.6 is 27.5 Å². The fourth-order valence-electron chi connectivity index (χ4n) is 1.18. The predicted molar refractivity (Wildman–Crippen MR) is 69.2 cm³/mol. The fraction of sp³-hybridized carbons (Fsp3) is 0.364. The van der Waals surface area contributed by atoms with E-state index in [9.17, 15) is 4.79 Å². The van der Waals surface area contributed by atoms with Gasteiger partial charge in [-0.05, 0) is 35.0 Å². The minimum atomic E-state index is -0.0740. The molecule has 0 aromatic heterocycles. The Balaban J connectivity index is 3.08. The number of ether oxygens (including phenoxy) is 1. The van der Waals surface area contributed by atoms with Crippen molar-refractivity contribution in [3.63, 3.8) is 0 Å². The van der Waals surface area contributed by atoms with Gasteiger partial charge in [0.1, 0.15) is 0 Å². The molecule has 0 saturated carbocycles. The molecule has 0 unspecified atom stereocenters. The Morgan fingerprint density at radius 1 is 1.50 bits per heavy atom. The molecule has 1 rings (SSSR count). The second-order valence-corrected chi connectivity index (χ2v) is 4.39. The molecule has 0 saturated heterocycles. The molecule has 1 aromatic carbocycles. The molecule has 0 aliphatic heterocycles. The molecule has 0 aliphatic rings. The number of nitrogens with one attached hydrogen (secondary N) is 1. The van der Waals surface area contributed by atoms with Gasteiger partial charge in [0.15, 0.2) is 5.75 Å². The molecule has 3 nitrogen and oxygen atoms in total. The second kappa shape index (κ2) is 6.11. The van der Waals surface area contributed by atoms with Crippen LogP contribution in [0.1, 0.15) is 20.3 Å². The summed E-state index contributed by atoms with van der Waals surface area (Å²) in [5.41, 5.74) is 0.591. The van der Waals surface area contributed by atoms with Crippen LogP contribution in [0.25, 0.3) is 0 Å². The number of halogens is 2. The highest BCUT2D eigenvalue weighted by molar-refractivity contribution is 9.10. The molecule has 5 heteroatoms. The Hall–Kier alpha value is -0.740. The van der Waals surface area contributed by atoms with E-state index in [1.807, 2.05) is 6.92 Å². The normalized spacial score (nSPS) is 10.0. The maximum absolute atomic E-state index is 11.3. The Kier molecular flexibility index (Phi) is 5.09. The molecule has 0 aliphatic carbocycles.